The van der Waals surface area contributed by atoms with Gasteiger partial charge >= 0.3 is 0 Å². The van der Waals surface area contributed by atoms with Crippen LogP contribution in [-0.4, -0.2) is 42.2 Å². The van der Waals surface area contributed by atoms with Gasteiger partial charge in [-0.1, -0.05) is 12.6 Å². The molecule has 2 aromatic heterocycles. The van der Waals surface area contributed by atoms with E-state index in [2.05, 4.69) is 26.8 Å². The number of aromatic amines is 1. The van der Waals surface area contributed by atoms with Gasteiger partial charge in [0.25, 0.3) is 0 Å². The van der Waals surface area contributed by atoms with Gasteiger partial charge in [0, 0.05) is 23.5 Å². The molecule has 0 aliphatic rings. The van der Waals surface area contributed by atoms with E-state index in [1.165, 1.54) is 12.3 Å². The van der Waals surface area contributed by atoms with E-state index in [-0.39, 0.29) is 5.91 Å². The van der Waals surface area contributed by atoms with Gasteiger partial charge in [-0.2, -0.15) is 0 Å². The highest BCUT2D eigenvalue weighted by Crippen LogP contribution is 2.42. The van der Waals surface area contributed by atoms with Gasteiger partial charge in [-0.3, -0.25) is 4.79 Å². The van der Waals surface area contributed by atoms with Crippen molar-refractivity contribution in [2.45, 2.75) is 0 Å². The number of amides is 1. The predicted octanol–water partition coefficient (Wildman–Crippen LogP) is 4.57. The number of benzene rings is 2. The fourth-order valence-corrected chi connectivity index (χ4v) is 3.33. The first-order valence-electron chi connectivity index (χ1n) is 9.92. The summed E-state index contributed by atoms with van der Waals surface area (Å²) in [6, 6.07) is 10.6. The highest BCUT2D eigenvalue weighted by atomic mass is 16.5. The number of anilines is 1. The Hall–Kier alpha value is -4.53. The van der Waals surface area contributed by atoms with Crippen LogP contribution in [0.25, 0.3) is 22.3 Å². The van der Waals surface area contributed by atoms with Gasteiger partial charge < -0.3 is 29.2 Å². The summed E-state index contributed by atoms with van der Waals surface area (Å²) in [5.41, 5.74) is 3.37. The first kappa shape index (κ1) is 21.7. The molecule has 0 radical (unpaired) electrons. The minimum Gasteiger partial charge on any atom is -0.493 e. The average molecular weight is 446 g/mol. The van der Waals surface area contributed by atoms with E-state index < -0.39 is 0 Å². The SMILES string of the molecule is C=CC(=O)Nc1cccc(Oc2cnc3[nH]cc(-c4cc(OC)c(OC)c(OC)c4)c3n2)c1. The minimum atomic E-state index is -0.310. The maximum absolute atomic E-state index is 11.6. The second-order valence-electron chi connectivity index (χ2n) is 6.85. The van der Waals surface area contributed by atoms with Gasteiger partial charge in [-0.25, -0.2) is 9.97 Å². The monoisotopic (exact) mass is 446 g/mol. The van der Waals surface area contributed by atoms with Crippen molar-refractivity contribution in [3.05, 3.63) is 61.4 Å². The average Bonchev–Trinajstić information content (AvgIpc) is 3.26. The lowest BCUT2D eigenvalue weighted by Gasteiger charge is -2.13. The summed E-state index contributed by atoms with van der Waals surface area (Å²) in [6.45, 7) is 3.45. The molecule has 9 nitrogen and oxygen atoms in total. The van der Waals surface area contributed by atoms with Crippen molar-refractivity contribution in [2.24, 2.45) is 0 Å². The third-order valence-corrected chi connectivity index (χ3v) is 4.84. The summed E-state index contributed by atoms with van der Waals surface area (Å²) >= 11 is 0. The zero-order valence-electron chi connectivity index (χ0n) is 18.3. The van der Waals surface area contributed by atoms with Crippen LogP contribution in [0.3, 0.4) is 0 Å². The number of methoxy groups -OCH3 is 3. The largest absolute Gasteiger partial charge is 0.493 e. The van der Waals surface area contributed by atoms with Crippen LogP contribution in [0.5, 0.6) is 28.9 Å². The lowest BCUT2D eigenvalue weighted by atomic mass is 10.1. The van der Waals surface area contributed by atoms with Crippen molar-refractivity contribution in [1.82, 2.24) is 15.0 Å². The summed E-state index contributed by atoms with van der Waals surface area (Å²) in [5.74, 6) is 2.04. The summed E-state index contributed by atoms with van der Waals surface area (Å²) in [5, 5.41) is 2.69. The summed E-state index contributed by atoms with van der Waals surface area (Å²) in [6.07, 6.45) is 4.52. The van der Waals surface area contributed by atoms with Gasteiger partial charge in [-0.15, -0.1) is 0 Å². The van der Waals surface area contributed by atoms with Gasteiger partial charge in [0.1, 0.15) is 11.3 Å². The van der Waals surface area contributed by atoms with Crippen molar-refractivity contribution in [2.75, 3.05) is 26.6 Å². The minimum absolute atomic E-state index is 0.294. The van der Waals surface area contributed by atoms with E-state index in [1.807, 2.05) is 12.1 Å². The van der Waals surface area contributed by atoms with E-state index in [0.29, 0.717) is 45.7 Å². The van der Waals surface area contributed by atoms with E-state index in [0.717, 1.165) is 11.1 Å². The van der Waals surface area contributed by atoms with Crippen LogP contribution < -0.4 is 24.3 Å². The fraction of sp³-hybridized carbons (Fsp3) is 0.125. The van der Waals surface area contributed by atoms with Crippen LogP contribution in [0.1, 0.15) is 0 Å². The van der Waals surface area contributed by atoms with Crippen LogP contribution in [0.4, 0.5) is 5.69 Å². The van der Waals surface area contributed by atoms with Crippen LogP contribution in [0, 0.1) is 0 Å². The van der Waals surface area contributed by atoms with Gasteiger partial charge in [-0.05, 0) is 35.9 Å². The van der Waals surface area contributed by atoms with E-state index in [4.69, 9.17) is 18.9 Å². The number of carbonyl (C=O) groups excluding carboxylic acids is 1. The highest BCUT2D eigenvalue weighted by Gasteiger charge is 2.17. The lowest BCUT2D eigenvalue weighted by molar-refractivity contribution is -0.111. The number of nitrogens with zero attached hydrogens (tertiary/aromatic N) is 2. The van der Waals surface area contributed by atoms with Gasteiger partial charge in [0.15, 0.2) is 17.1 Å². The van der Waals surface area contributed by atoms with E-state index in [1.54, 1.807) is 51.8 Å². The van der Waals surface area contributed by atoms with Crippen LogP contribution in [0.2, 0.25) is 0 Å². The third-order valence-electron chi connectivity index (χ3n) is 4.84. The molecule has 168 valence electrons. The second kappa shape index (κ2) is 9.31. The lowest BCUT2D eigenvalue weighted by Crippen LogP contribution is -2.07. The molecular weight excluding hydrogens is 424 g/mol. The van der Waals surface area contributed by atoms with E-state index in [9.17, 15) is 4.79 Å². The number of fused-ring (bicyclic) bond motifs is 1. The Balaban J connectivity index is 1.70. The molecule has 2 heterocycles. The number of hydrogen-bond donors (Lipinski definition) is 2. The summed E-state index contributed by atoms with van der Waals surface area (Å²) in [7, 11) is 4.68. The number of H-pyrrole nitrogens is 1. The molecule has 0 atom stereocenters. The molecule has 0 fully saturated rings. The number of nitrogens with one attached hydrogen (secondary N) is 2. The molecular formula is C24H22N4O5. The second-order valence-corrected chi connectivity index (χ2v) is 6.85. The molecule has 33 heavy (non-hydrogen) atoms. The predicted molar refractivity (Wildman–Crippen MR) is 124 cm³/mol. The standard InChI is InChI=1S/C24H22N4O5/c1-5-20(29)27-15-7-6-8-16(11-15)33-21-13-26-24-22(28-21)17(12-25-24)14-9-18(30-2)23(32-4)19(10-14)31-3/h5-13H,1H2,2-4H3,(H,25,26)(H,27,29). The Kier molecular flexibility index (Phi) is 6.12. The molecule has 0 spiro atoms. The van der Waals surface area contributed by atoms with Gasteiger partial charge in [0.2, 0.25) is 17.5 Å². The Morgan fingerprint density at radius 1 is 1.09 bits per heavy atom. The van der Waals surface area contributed by atoms with Crippen molar-refractivity contribution in [3.63, 3.8) is 0 Å². The normalized spacial score (nSPS) is 10.5. The van der Waals surface area contributed by atoms with E-state index >= 15 is 0 Å². The summed E-state index contributed by atoms with van der Waals surface area (Å²) in [4.78, 5) is 23.7. The molecule has 0 saturated carbocycles. The van der Waals surface area contributed by atoms with Gasteiger partial charge in [0.05, 0.1) is 27.5 Å². The zero-order valence-corrected chi connectivity index (χ0v) is 18.3. The molecule has 0 aliphatic carbocycles. The molecule has 0 saturated heterocycles. The van der Waals surface area contributed by atoms with Crippen LogP contribution in [-0.2, 0) is 4.79 Å². The molecule has 0 unspecified atom stereocenters. The number of aromatic nitrogens is 3. The Morgan fingerprint density at radius 3 is 2.52 bits per heavy atom. The maximum atomic E-state index is 11.6. The van der Waals surface area contributed by atoms with Crippen molar-refractivity contribution in [1.29, 1.82) is 0 Å². The molecule has 0 aliphatic heterocycles. The molecule has 2 aromatic carbocycles. The van der Waals surface area contributed by atoms with Crippen LogP contribution >= 0.6 is 0 Å². The maximum Gasteiger partial charge on any atom is 0.247 e. The third kappa shape index (κ3) is 4.42. The number of hydrogen-bond acceptors (Lipinski definition) is 7. The fourth-order valence-electron chi connectivity index (χ4n) is 3.33. The zero-order chi connectivity index (χ0) is 23.4. The number of rotatable bonds is 8. The Labute approximate surface area is 190 Å². The first-order chi connectivity index (χ1) is 16.1. The molecule has 4 aromatic rings. The molecule has 1 amide bonds. The van der Waals surface area contributed by atoms with Crippen molar-refractivity contribution >= 4 is 22.8 Å². The smallest absolute Gasteiger partial charge is 0.247 e. The molecule has 0 bridgehead atoms. The van der Waals surface area contributed by atoms with Crippen molar-refractivity contribution in [3.8, 4) is 40.0 Å². The van der Waals surface area contributed by atoms with Crippen molar-refractivity contribution < 1.29 is 23.7 Å². The molecule has 9 heteroatoms. The first-order valence-corrected chi connectivity index (χ1v) is 9.92. The quantitative estimate of drug-likeness (QED) is 0.382. The Bertz CT molecular complexity index is 1310. The number of ether oxygens (including phenoxy) is 4. The Morgan fingerprint density at radius 2 is 1.85 bits per heavy atom. The number of carbonyl (C=O) groups is 1. The van der Waals surface area contributed by atoms with Crippen LogP contribution in [0.15, 0.2) is 61.4 Å². The highest BCUT2D eigenvalue weighted by molar-refractivity contribution is 5.99. The molecule has 2 N–H and O–H groups in total. The topological polar surface area (TPSA) is 108 Å². The molecule has 4 rings (SSSR count). The summed E-state index contributed by atoms with van der Waals surface area (Å²) < 4.78 is 22.2.